The van der Waals surface area contributed by atoms with Crippen molar-refractivity contribution in [3.63, 3.8) is 0 Å². The van der Waals surface area contributed by atoms with Crippen LogP contribution in [0.5, 0.6) is 0 Å². The summed E-state index contributed by atoms with van der Waals surface area (Å²) in [6.45, 7) is 4.16. The first-order valence-corrected chi connectivity index (χ1v) is 6.57. The number of hydrogen-bond donors (Lipinski definition) is 2. The SMILES string of the molecule is CNC(=O)c1ccc(CN(C)C(=O)CC(C)(C)N)cc1. The molecule has 0 unspecified atom stereocenters. The first-order valence-electron chi connectivity index (χ1n) is 6.57. The maximum absolute atomic E-state index is 12.0. The van der Waals surface area contributed by atoms with Crippen molar-refractivity contribution >= 4 is 11.8 Å². The van der Waals surface area contributed by atoms with Crippen LogP contribution in [0.15, 0.2) is 24.3 Å². The highest BCUT2D eigenvalue weighted by Gasteiger charge is 2.19. The quantitative estimate of drug-likeness (QED) is 0.847. The number of benzene rings is 1. The summed E-state index contributed by atoms with van der Waals surface area (Å²) in [6.07, 6.45) is 0.305. The van der Waals surface area contributed by atoms with E-state index in [4.69, 9.17) is 5.73 Å². The minimum absolute atomic E-state index is 0.00729. The van der Waals surface area contributed by atoms with Gasteiger partial charge in [-0.05, 0) is 31.5 Å². The third-order valence-corrected chi connectivity index (χ3v) is 2.90. The van der Waals surface area contributed by atoms with Gasteiger partial charge in [-0.2, -0.15) is 0 Å². The molecule has 5 heteroatoms. The Morgan fingerprint density at radius 1 is 1.25 bits per heavy atom. The Labute approximate surface area is 120 Å². The molecule has 1 aromatic rings. The Hall–Kier alpha value is -1.88. The van der Waals surface area contributed by atoms with Crippen LogP contribution in [0, 0.1) is 0 Å². The summed E-state index contributed by atoms with van der Waals surface area (Å²) in [7, 11) is 3.35. The molecule has 0 aromatic heterocycles. The Bertz CT molecular complexity index is 475. The lowest BCUT2D eigenvalue weighted by molar-refractivity contribution is -0.131. The Kier molecular flexibility index (Phi) is 5.27. The highest BCUT2D eigenvalue weighted by atomic mass is 16.2. The largest absolute Gasteiger partial charge is 0.355 e. The van der Waals surface area contributed by atoms with Gasteiger partial charge in [-0.15, -0.1) is 0 Å². The van der Waals surface area contributed by atoms with Gasteiger partial charge in [-0.1, -0.05) is 12.1 Å². The van der Waals surface area contributed by atoms with Crippen LogP contribution < -0.4 is 11.1 Å². The molecular weight excluding hydrogens is 254 g/mol. The summed E-state index contributed by atoms with van der Waals surface area (Å²) in [6, 6.07) is 7.20. The van der Waals surface area contributed by atoms with E-state index in [1.54, 1.807) is 31.1 Å². The van der Waals surface area contributed by atoms with Crippen molar-refractivity contribution < 1.29 is 9.59 Å². The van der Waals surface area contributed by atoms with Crippen molar-refractivity contribution in [3.05, 3.63) is 35.4 Å². The smallest absolute Gasteiger partial charge is 0.251 e. The average molecular weight is 277 g/mol. The zero-order valence-corrected chi connectivity index (χ0v) is 12.6. The fourth-order valence-electron chi connectivity index (χ4n) is 1.79. The summed E-state index contributed by atoms with van der Waals surface area (Å²) in [5.41, 5.74) is 6.92. The summed E-state index contributed by atoms with van der Waals surface area (Å²) >= 11 is 0. The molecule has 20 heavy (non-hydrogen) atoms. The molecule has 1 aromatic carbocycles. The fraction of sp³-hybridized carbons (Fsp3) is 0.467. The van der Waals surface area contributed by atoms with Gasteiger partial charge < -0.3 is 16.0 Å². The minimum Gasteiger partial charge on any atom is -0.355 e. The standard InChI is InChI=1S/C15H23N3O2/c1-15(2,16)9-13(19)18(4)10-11-5-7-12(8-6-11)14(20)17-3/h5-8H,9-10,16H2,1-4H3,(H,17,20). The second-order valence-corrected chi connectivity index (χ2v) is 5.69. The fourth-order valence-corrected chi connectivity index (χ4v) is 1.79. The predicted octanol–water partition coefficient (Wildman–Crippen LogP) is 1.13. The van der Waals surface area contributed by atoms with E-state index >= 15 is 0 Å². The summed E-state index contributed by atoms with van der Waals surface area (Å²) in [5.74, 6) is -0.112. The number of hydrogen-bond acceptors (Lipinski definition) is 3. The van der Waals surface area contributed by atoms with Crippen molar-refractivity contribution in [1.82, 2.24) is 10.2 Å². The monoisotopic (exact) mass is 277 g/mol. The molecule has 0 bridgehead atoms. The zero-order valence-electron chi connectivity index (χ0n) is 12.6. The molecule has 3 N–H and O–H groups in total. The second kappa shape index (κ2) is 6.52. The van der Waals surface area contributed by atoms with Crippen molar-refractivity contribution in [2.75, 3.05) is 14.1 Å². The molecule has 5 nitrogen and oxygen atoms in total. The van der Waals surface area contributed by atoms with Crippen LogP contribution in [0.4, 0.5) is 0 Å². The molecule has 0 aliphatic carbocycles. The summed E-state index contributed by atoms with van der Waals surface area (Å²) in [4.78, 5) is 25.0. The Morgan fingerprint density at radius 3 is 2.25 bits per heavy atom. The van der Waals surface area contributed by atoms with Crippen molar-refractivity contribution in [3.8, 4) is 0 Å². The van der Waals surface area contributed by atoms with Crippen molar-refractivity contribution in [1.29, 1.82) is 0 Å². The third-order valence-electron chi connectivity index (χ3n) is 2.90. The van der Waals surface area contributed by atoms with E-state index in [-0.39, 0.29) is 11.8 Å². The van der Waals surface area contributed by atoms with Crippen LogP contribution in [0.2, 0.25) is 0 Å². The van der Waals surface area contributed by atoms with Gasteiger partial charge in [0.05, 0.1) is 0 Å². The Morgan fingerprint density at radius 2 is 1.80 bits per heavy atom. The van der Waals surface area contributed by atoms with Crippen LogP contribution >= 0.6 is 0 Å². The topological polar surface area (TPSA) is 75.4 Å². The normalized spacial score (nSPS) is 11.1. The number of carbonyl (C=O) groups is 2. The van der Waals surface area contributed by atoms with Crippen LogP contribution in [0.1, 0.15) is 36.2 Å². The maximum atomic E-state index is 12.0. The Balaban J connectivity index is 2.64. The van der Waals surface area contributed by atoms with E-state index in [1.165, 1.54) is 0 Å². The molecule has 0 fully saturated rings. The van der Waals surface area contributed by atoms with E-state index in [0.717, 1.165) is 5.56 Å². The molecule has 110 valence electrons. The van der Waals surface area contributed by atoms with E-state index in [9.17, 15) is 9.59 Å². The van der Waals surface area contributed by atoms with Crippen molar-refractivity contribution in [2.45, 2.75) is 32.4 Å². The molecular formula is C15H23N3O2. The maximum Gasteiger partial charge on any atom is 0.251 e. The highest BCUT2D eigenvalue weighted by molar-refractivity contribution is 5.93. The summed E-state index contributed by atoms with van der Waals surface area (Å²) in [5, 5.41) is 2.57. The molecule has 0 aliphatic heterocycles. The third kappa shape index (κ3) is 5.01. The second-order valence-electron chi connectivity index (χ2n) is 5.69. The molecule has 2 amide bonds. The first-order chi connectivity index (χ1) is 9.23. The van der Waals surface area contributed by atoms with E-state index in [1.807, 2.05) is 26.0 Å². The van der Waals surface area contributed by atoms with Crippen LogP contribution in [-0.2, 0) is 11.3 Å². The van der Waals surface area contributed by atoms with Crippen LogP contribution in [-0.4, -0.2) is 36.3 Å². The lowest BCUT2D eigenvalue weighted by Crippen LogP contribution is -2.39. The van der Waals surface area contributed by atoms with Gasteiger partial charge in [0.15, 0.2) is 0 Å². The van der Waals surface area contributed by atoms with Gasteiger partial charge in [0.2, 0.25) is 5.91 Å². The number of carbonyl (C=O) groups excluding carboxylic acids is 2. The van der Waals surface area contributed by atoms with Gasteiger partial charge in [0.1, 0.15) is 0 Å². The zero-order chi connectivity index (χ0) is 15.3. The molecule has 1 rings (SSSR count). The molecule has 0 saturated heterocycles. The van der Waals surface area contributed by atoms with Gasteiger partial charge in [-0.3, -0.25) is 9.59 Å². The number of nitrogens with zero attached hydrogens (tertiary/aromatic N) is 1. The van der Waals surface area contributed by atoms with E-state index in [2.05, 4.69) is 5.32 Å². The van der Waals surface area contributed by atoms with E-state index in [0.29, 0.717) is 18.5 Å². The molecule has 0 saturated carbocycles. The highest BCUT2D eigenvalue weighted by Crippen LogP contribution is 2.10. The van der Waals surface area contributed by atoms with Gasteiger partial charge >= 0.3 is 0 Å². The molecule has 0 radical (unpaired) electrons. The number of amides is 2. The van der Waals surface area contributed by atoms with Crippen molar-refractivity contribution in [2.24, 2.45) is 5.73 Å². The average Bonchev–Trinajstić information content (AvgIpc) is 2.36. The molecule has 0 atom stereocenters. The molecule has 0 aliphatic rings. The first kappa shape index (κ1) is 16.2. The number of rotatable bonds is 5. The summed E-state index contributed by atoms with van der Waals surface area (Å²) < 4.78 is 0. The number of nitrogens with two attached hydrogens (primary N) is 1. The van der Waals surface area contributed by atoms with Crippen LogP contribution in [0.3, 0.4) is 0 Å². The van der Waals surface area contributed by atoms with Gasteiger partial charge in [-0.25, -0.2) is 0 Å². The molecule has 0 spiro atoms. The lowest BCUT2D eigenvalue weighted by Gasteiger charge is -2.23. The van der Waals surface area contributed by atoms with Gasteiger partial charge in [0.25, 0.3) is 5.91 Å². The van der Waals surface area contributed by atoms with Crippen LogP contribution in [0.25, 0.3) is 0 Å². The minimum atomic E-state index is -0.506. The predicted molar refractivity (Wildman–Crippen MR) is 79.2 cm³/mol. The molecule has 0 heterocycles. The number of nitrogens with one attached hydrogen (secondary N) is 1. The van der Waals surface area contributed by atoms with E-state index < -0.39 is 5.54 Å². The van der Waals surface area contributed by atoms with Gasteiger partial charge in [0, 0.05) is 38.2 Å². The lowest BCUT2D eigenvalue weighted by atomic mass is 10.0.